The molecule has 1 heterocycles. The maximum Gasteiger partial charge on any atom is 0.116 e. The molecular weight excluding hydrogens is 236 g/mol. The van der Waals surface area contributed by atoms with Crippen molar-refractivity contribution >= 4 is 0 Å². The van der Waals surface area contributed by atoms with Gasteiger partial charge in [-0.3, -0.25) is 0 Å². The summed E-state index contributed by atoms with van der Waals surface area (Å²) in [5, 5.41) is 0. The molecule has 0 spiro atoms. The quantitative estimate of drug-likeness (QED) is 0.707. The molecule has 2 aliphatic carbocycles. The normalized spacial score (nSPS) is 43.4. The molecule has 3 aliphatic rings. The Balaban J connectivity index is 1.94. The first kappa shape index (κ1) is 13.6. The van der Waals surface area contributed by atoms with E-state index in [1.54, 1.807) is 0 Å². The Morgan fingerprint density at radius 1 is 1.32 bits per heavy atom. The maximum atomic E-state index is 6.60. The van der Waals surface area contributed by atoms with Gasteiger partial charge in [0.2, 0.25) is 0 Å². The highest BCUT2D eigenvalue weighted by Crippen LogP contribution is 2.55. The molecule has 1 saturated heterocycles. The van der Waals surface area contributed by atoms with Crippen LogP contribution in [0.2, 0.25) is 0 Å². The molecule has 0 N–H and O–H groups in total. The highest BCUT2D eigenvalue weighted by molar-refractivity contribution is 5.21. The third-order valence-corrected chi connectivity index (χ3v) is 5.59. The first-order valence-electron chi connectivity index (χ1n) is 8.22. The van der Waals surface area contributed by atoms with Crippen molar-refractivity contribution in [3.63, 3.8) is 0 Å². The lowest BCUT2D eigenvalue weighted by atomic mass is 9.71. The third kappa shape index (κ3) is 2.08. The van der Waals surface area contributed by atoms with E-state index in [0.29, 0.717) is 6.10 Å². The highest BCUT2D eigenvalue weighted by atomic mass is 16.6. The second-order valence-electron chi connectivity index (χ2n) is 6.64. The molecular formula is C17H28O2. The van der Waals surface area contributed by atoms with Crippen molar-refractivity contribution in [1.29, 1.82) is 0 Å². The fourth-order valence-corrected chi connectivity index (χ4v) is 4.51. The maximum absolute atomic E-state index is 6.60. The molecule has 4 unspecified atom stereocenters. The van der Waals surface area contributed by atoms with Crippen molar-refractivity contribution in [2.75, 3.05) is 6.61 Å². The second kappa shape index (κ2) is 5.21. The molecule has 4 atom stereocenters. The standard InChI is InChI=1S/C17H28O2/c1-3-14(2)19-16(10-5-4-6-11-16)17-12-7-8-15(17)9-13-18-17/h5,10,14-15H,3-4,6-9,11-13H2,1-2H3. The zero-order valence-corrected chi connectivity index (χ0v) is 12.5. The molecule has 0 amide bonds. The van der Waals surface area contributed by atoms with Crippen LogP contribution in [0.4, 0.5) is 0 Å². The predicted octanol–water partition coefficient (Wildman–Crippen LogP) is 4.24. The zero-order valence-electron chi connectivity index (χ0n) is 12.5. The van der Waals surface area contributed by atoms with Crippen molar-refractivity contribution in [2.45, 2.75) is 82.5 Å². The molecule has 0 aromatic rings. The molecule has 0 radical (unpaired) electrons. The van der Waals surface area contributed by atoms with Gasteiger partial charge in [0.1, 0.15) is 11.2 Å². The summed E-state index contributed by atoms with van der Waals surface area (Å²) >= 11 is 0. The van der Waals surface area contributed by atoms with Crippen LogP contribution in [0.15, 0.2) is 12.2 Å². The lowest BCUT2D eigenvalue weighted by Crippen LogP contribution is -2.57. The number of ether oxygens (including phenoxy) is 2. The molecule has 2 fully saturated rings. The third-order valence-electron chi connectivity index (χ3n) is 5.59. The Bertz CT molecular complexity index is 339. The minimum absolute atomic E-state index is 0.00660. The molecule has 1 saturated carbocycles. The van der Waals surface area contributed by atoms with Crippen LogP contribution in [0.1, 0.15) is 65.2 Å². The van der Waals surface area contributed by atoms with Gasteiger partial charge in [-0.25, -0.2) is 0 Å². The van der Waals surface area contributed by atoms with Crippen LogP contribution < -0.4 is 0 Å². The molecule has 0 bridgehead atoms. The second-order valence-corrected chi connectivity index (χ2v) is 6.64. The number of hydrogen-bond acceptors (Lipinski definition) is 2. The van der Waals surface area contributed by atoms with E-state index in [4.69, 9.17) is 9.47 Å². The summed E-state index contributed by atoms with van der Waals surface area (Å²) in [6.45, 7) is 5.36. The molecule has 3 rings (SSSR count). The number of fused-ring (bicyclic) bond motifs is 1. The van der Waals surface area contributed by atoms with Crippen LogP contribution in [0.3, 0.4) is 0 Å². The first-order chi connectivity index (χ1) is 9.22. The van der Waals surface area contributed by atoms with Gasteiger partial charge in [-0.15, -0.1) is 0 Å². The fourth-order valence-electron chi connectivity index (χ4n) is 4.51. The summed E-state index contributed by atoms with van der Waals surface area (Å²) in [6.07, 6.45) is 14.8. The van der Waals surface area contributed by atoms with Gasteiger partial charge in [0, 0.05) is 6.61 Å². The molecule has 19 heavy (non-hydrogen) atoms. The van der Waals surface area contributed by atoms with Crippen molar-refractivity contribution in [3.8, 4) is 0 Å². The average molecular weight is 264 g/mol. The molecule has 2 heteroatoms. The van der Waals surface area contributed by atoms with E-state index in [-0.39, 0.29) is 11.2 Å². The molecule has 0 aromatic carbocycles. The van der Waals surface area contributed by atoms with E-state index in [1.807, 2.05) is 0 Å². The number of allylic oxidation sites excluding steroid dienone is 1. The van der Waals surface area contributed by atoms with Crippen LogP contribution in [0.5, 0.6) is 0 Å². The lowest BCUT2D eigenvalue weighted by Gasteiger charge is -2.49. The number of rotatable bonds is 4. The summed E-state index contributed by atoms with van der Waals surface area (Å²) in [5.41, 5.74) is -0.147. The monoisotopic (exact) mass is 264 g/mol. The predicted molar refractivity (Wildman–Crippen MR) is 77.2 cm³/mol. The van der Waals surface area contributed by atoms with Crippen LogP contribution in [0.25, 0.3) is 0 Å². The zero-order chi connectivity index (χ0) is 13.3. The van der Waals surface area contributed by atoms with Gasteiger partial charge >= 0.3 is 0 Å². The van der Waals surface area contributed by atoms with E-state index in [0.717, 1.165) is 25.4 Å². The molecule has 108 valence electrons. The minimum atomic E-state index is -0.141. The fraction of sp³-hybridized carbons (Fsp3) is 0.882. The van der Waals surface area contributed by atoms with E-state index in [9.17, 15) is 0 Å². The van der Waals surface area contributed by atoms with Crippen LogP contribution in [-0.2, 0) is 9.47 Å². The Hall–Kier alpha value is -0.340. The average Bonchev–Trinajstić information content (AvgIpc) is 3.00. The smallest absolute Gasteiger partial charge is 0.116 e. The largest absolute Gasteiger partial charge is 0.371 e. The summed E-state index contributed by atoms with van der Waals surface area (Å²) < 4.78 is 13.0. The van der Waals surface area contributed by atoms with E-state index in [1.165, 1.54) is 38.5 Å². The summed E-state index contributed by atoms with van der Waals surface area (Å²) in [6, 6.07) is 0. The van der Waals surface area contributed by atoms with Gasteiger partial charge in [0.15, 0.2) is 0 Å². The van der Waals surface area contributed by atoms with Gasteiger partial charge in [-0.1, -0.05) is 25.5 Å². The molecule has 2 nitrogen and oxygen atoms in total. The topological polar surface area (TPSA) is 18.5 Å². The van der Waals surface area contributed by atoms with E-state index in [2.05, 4.69) is 26.0 Å². The van der Waals surface area contributed by atoms with Crippen LogP contribution >= 0.6 is 0 Å². The first-order valence-corrected chi connectivity index (χ1v) is 8.22. The molecule has 1 aliphatic heterocycles. The molecule has 0 aromatic heterocycles. The SMILES string of the molecule is CCC(C)OC1(C23CCCC2CCO3)C=CCCC1. The lowest BCUT2D eigenvalue weighted by molar-refractivity contribution is -0.197. The van der Waals surface area contributed by atoms with Gasteiger partial charge < -0.3 is 9.47 Å². The highest BCUT2D eigenvalue weighted by Gasteiger charge is 2.61. The van der Waals surface area contributed by atoms with Gasteiger partial charge in [0.25, 0.3) is 0 Å². The van der Waals surface area contributed by atoms with Crippen LogP contribution in [-0.4, -0.2) is 23.9 Å². The van der Waals surface area contributed by atoms with Gasteiger partial charge in [-0.2, -0.15) is 0 Å². The van der Waals surface area contributed by atoms with E-state index < -0.39 is 0 Å². The number of hydrogen-bond donors (Lipinski definition) is 0. The van der Waals surface area contributed by atoms with Crippen LogP contribution in [0, 0.1) is 5.92 Å². The Labute approximate surface area is 117 Å². The van der Waals surface area contributed by atoms with Crippen molar-refractivity contribution in [2.24, 2.45) is 5.92 Å². The summed E-state index contributed by atoms with van der Waals surface area (Å²) in [5.74, 6) is 0.722. The van der Waals surface area contributed by atoms with Crippen molar-refractivity contribution in [1.82, 2.24) is 0 Å². The van der Waals surface area contributed by atoms with Crippen molar-refractivity contribution in [3.05, 3.63) is 12.2 Å². The van der Waals surface area contributed by atoms with E-state index >= 15 is 0 Å². The minimum Gasteiger partial charge on any atom is -0.371 e. The van der Waals surface area contributed by atoms with Gasteiger partial charge in [-0.05, 0) is 57.8 Å². The Morgan fingerprint density at radius 2 is 2.21 bits per heavy atom. The Morgan fingerprint density at radius 3 is 2.95 bits per heavy atom. The summed E-state index contributed by atoms with van der Waals surface area (Å²) in [4.78, 5) is 0. The van der Waals surface area contributed by atoms with Gasteiger partial charge in [0.05, 0.1) is 6.10 Å². The Kier molecular flexibility index (Phi) is 3.74. The van der Waals surface area contributed by atoms with Crippen molar-refractivity contribution < 1.29 is 9.47 Å². The summed E-state index contributed by atoms with van der Waals surface area (Å²) in [7, 11) is 0.